The largest absolute Gasteiger partial charge is 0.484 e. The van der Waals surface area contributed by atoms with E-state index in [9.17, 15) is 13.2 Å². The van der Waals surface area contributed by atoms with Gasteiger partial charge in [0.05, 0.1) is 4.90 Å². The molecule has 0 atom stereocenters. The Hall–Kier alpha value is -4.10. The molecule has 184 valence electrons. The molecule has 4 aromatic carbocycles. The van der Waals surface area contributed by atoms with Crippen LogP contribution in [0.4, 0.5) is 5.69 Å². The molecule has 0 aliphatic rings. The molecule has 0 aliphatic carbocycles. The number of benzene rings is 4. The SMILES string of the molecule is Cc1cccc(NS(=O)(=O)c2ccc(OCC(=O)N(Cc3ccccc3)Cc3ccccc3)cc2)c1. The van der Waals surface area contributed by atoms with E-state index in [0.29, 0.717) is 24.5 Å². The Morgan fingerprint density at radius 2 is 1.36 bits per heavy atom. The maximum absolute atomic E-state index is 13.1. The minimum atomic E-state index is -3.74. The topological polar surface area (TPSA) is 75.7 Å². The Morgan fingerprint density at radius 3 is 1.92 bits per heavy atom. The molecule has 0 saturated heterocycles. The molecular formula is C29H28N2O4S. The van der Waals surface area contributed by atoms with Gasteiger partial charge < -0.3 is 9.64 Å². The number of nitrogens with one attached hydrogen (secondary N) is 1. The number of amides is 1. The van der Waals surface area contributed by atoms with Crippen LogP contribution in [-0.2, 0) is 27.9 Å². The van der Waals surface area contributed by atoms with E-state index in [2.05, 4.69) is 4.72 Å². The van der Waals surface area contributed by atoms with Crippen LogP contribution in [0.2, 0.25) is 0 Å². The lowest BCUT2D eigenvalue weighted by Crippen LogP contribution is -2.34. The Morgan fingerprint density at radius 1 is 0.778 bits per heavy atom. The third-order valence-electron chi connectivity index (χ3n) is 5.55. The molecule has 0 aromatic heterocycles. The van der Waals surface area contributed by atoms with Gasteiger partial charge in [-0.15, -0.1) is 0 Å². The molecule has 0 aliphatic heterocycles. The summed E-state index contributed by atoms with van der Waals surface area (Å²) in [6, 6.07) is 32.8. The maximum atomic E-state index is 13.1. The van der Waals surface area contributed by atoms with Gasteiger partial charge in [0, 0.05) is 18.8 Å². The number of carbonyl (C=O) groups is 1. The molecule has 7 heteroatoms. The van der Waals surface area contributed by atoms with Crippen LogP contribution in [0.15, 0.2) is 114 Å². The van der Waals surface area contributed by atoms with Crippen LogP contribution in [0.5, 0.6) is 5.75 Å². The first kappa shape index (κ1) is 25.0. The van der Waals surface area contributed by atoms with Crippen LogP contribution in [-0.4, -0.2) is 25.8 Å². The minimum Gasteiger partial charge on any atom is -0.484 e. The number of nitrogens with zero attached hydrogens (tertiary/aromatic N) is 1. The van der Waals surface area contributed by atoms with Gasteiger partial charge in [-0.3, -0.25) is 9.52 Å². The van der Waals surface area contributed by atoms with E-state index in [0.717, 1.165) is 16.7 Å². The van der Waals surface area contributed by atoms with E-state index >= 15 is 0 Å². The van der Waals surface area contributed by atoms with Crippen molar-refractivity contribution in [1.82, 2.24) is 4.90 Å². The van der Waals surface area contributed by atoms with Gasteiger partial charge in [0.2, 0.25) is 0 Å². The molecule has 1 N–H and O–H groups in total. The summed E-state index contributed by atoms with van der Waals surface area (Å²) in [5.41, 5.74) is 3.50. The third kappa shape index (κ3) is 6.96. The molecule has 6 nitrogen and oxygen atoms in total. The average molecular weight is 501 g/mol. The molecule has 4 aromatic rings. The number of sulfonamides is 1. The Kier molecular flexibility index (Phi) is 8.02. The molecular weight excluding hydrogens is 472 g/mol. The summed E-state index contributed by atoms with van der Waals surface area (Å²) in [4.78, 5) is 14.9. The zero-order chi connectivity index (χ0) is 25.4. The molecule has 4 rings (SSSR count). The molecule has 1 amide bonds. The smallest absolute Gasteiger partial charge is 0.261 e. The highest BCUT2D eigenvalue weighted by Crippen LogP contribution is 2.20. The van der Waals surface area contributed by atoms with Gasteiger partial charge in [-0.1, -0.05) is 72.8 Å². The Balaban J connectivity index is 1.40. The van der Waals surface area contributed by atoms with Gasteiger partial charge in [0.25, 0.3) is 15.9 Å². The van der Waals surface area contributed by atoms with Crippen LogP contribution >= 0.6 is 0 Å². The third-order valence-corrected chi connectivity index (χ3v) is 6.95. The molecule has 0 fully saturated rings. The number of aryl methyl sites for hydroxylation is 1. The van der Waals surface area contributed by atoms with Gasteiger partial charge in [0.1, 0.15) is 5.75 Å². The normalized spacial score (nSPS) is 11.0. The lowest BCUT2D eigenvalue weighted by molar-refractivity contribution is -0.134. The summed E-state index contributed by atoms with van der Waals surface area (Å²) >= 11 is 0. The molecule has 0 bridgehead atoms. The van der Waals surface area contributed by atoms with Crippen molar-refractivity contribution in [3.63, 3.8) is 0 Å². The number of rotatable bonds is 10. The summed E-state index contributed by atoms with van der Waals surface area (Å²) in [6.07, 6.45) is 0. The predicted octanol–water partition coefficient (Wildman–Crippen LogP) is 5.40. The van der Waals surface area contributed by atoms with Gasteiger partial charge in [-0.25, -0.2) is 8.42 Å². The lowest BCUT2D eigenvalue weighted by atomic mass is 10.1. The van der Waals surface area contributed by atoms with Gasteiger partial charge in [0.15, 0.2) is 6.61 Å². The lowest BCUT2D eigenvalue weighted by Gasteiger charge is -2.23. The highest BCUT2D eigenvalue weighted by Gasteiger charge is 2.17. The van der Waals surface area contributed by atoms with Crippen molar-refractivity contribution in [2.24, 2.45) is 0 Å². The van der Waals surface area contributed by atoms with E-state index in [1.54, 1.807) is 35.2 Å². The Labute approximate surface area is 212 Å². The zero-order valence-corrected chi connectivity index (χ0v) is 20.8. The van der Waals surface area contributed by atoms with Crippen LogP contribution in [0, 0.1) is 6.92 Å². The van der Waals surface area contributed by atoms with E-state index in [1.165, 1.54) is 12.1 Å². The fourth-order valence-electron chi connectivity index (χ4n) is 3.71. The van der Waals surface area contributed by atoms with Crippen molar-refractivity contribution in [2.75, 3.05) is 11.3 Å². The number of ether oxygens (including phenoxy) is 1. The fraction of sp³-hybridized carbons (Fsp3) is 0.138. The van der Waals surface area contributed by atoms with Crippen LogP contribution in [0.1, 0.15) is 16.7 Å². The van der Waals surface area contributed by atoms with E-state index in [1.807, 2.05) is 73.7 Å². The van der Waals surface area contributed by atoms with Crippen molar-refractivity contribution in [2.45, 2.75) is 24.9 Å². The Bertz CT molecular complexity index is 1350. The fourth-order valence-corrected chi connectivity index (χ4v) is 4.76. The number of carbonyl (C=O) groups excluding carboxylic acids is 1. The van der Waals surface area contributed by atoms with Gasteiger partial charge >= 0.3 is 0 Å². The highest BCUT2D eigenvalue weighted by molar-refractivity contribution is 7.92. The summed E-state index contributed by atoms with van der Waals surface area (Å²) in [5, 5.41) is 0. The van der Waals surface area contributed by atoms with E-state index in [4.69, 9.17) is 4.74 Å². The van der Waals surface area contributed by atoms with Crippen molar-refractivity contribution in [3.8, 4) is 5.75 Å². The van der Waals surface area contributed by atoms with Crippen LogP contribution < -0.4 is 9.46 Å². The average Bonchev–Trinajstić information content (AvgIpc) is 2.88. The second-order valence-corrected chi connectivity index (χ2v) is 10.1. The van der Waals surface area contributed by atoms with E-state index in [-0.39, 0.29) is 17.4 Å². The summed E-state index contributed by atoms with van der Waals surface area (Å²) in [5.74, 6) is 0.248. The molecule has 36 heavy (non-hydrogen) atoms. The molecule has 0 unspecified atom stereocenters. The first-order valence-electron chi connectivity index (χ1n) is 11.6. The van der Waals surface area contributed by atoms with Crippen molar-refractivity contribution in [1.29, 1.82) is 0 Å². The molecule has 0 spiro atoms. The summed E-state index contributed by atoms with van der Waals surface area (Å²) in [7, 11) is -3.74. The standard InChI is InChI=1S/C29H28N2O4S/c1-23-9-8-14-26(19-23)30-36(33,34)28-17-15-27(16-18-28)35-22-29(32)31(20-24-10-4-2-5-11-24)21-25-12-6-3-7-13-25/h2-19,30H,20-22H2,1H3. The number of hydrogen-bond donors (Lipinski definition) is 1. The van der Waals surface area contributed by atoms with Crippen LogP contribution in [0.3, 0.4) is 0 Å². The van der Waals surface area contributed by atoms with E-state index < -0.39 is 10.0 Å². The number of hydrogen-bond acceptors (Lipinski definition) is 4. The second kappa shape index (κ2) is 11.6. The monoisotopic (exact) mass is 500 g/mol. The van der Waals surface area contributed by atoms with Gasteiger partial charge in [-0.05, 0) is 60.0 Å². The number of anilines is 1. The van der Waals surface area contributed by atoms with Crippen molar-refractivity contribution in [3.05, 3.63) is 126 Å². The predicted molar refractivity (Wildman–Crippen MR) is 141 cm³/mol. The van der Waals surface area contributed by atoms with Crippen molar-refractivity contribution < 1.29 is 17.9 Å². The second-order valence-electron chi connectivity index (χ2n) is 8.46. The maximum Gasteiger partial charge on any atom is 0.261 e. The first-order valence-corrected chi connectivity index (χ1v) is 13.1. The zero-order valence-electron chi connectivity index (χ0n) is 20.0. The minimum absolute atomic E-state index is 0.109. The van der Waals surface area contributed by atoms with Crippen molar-refractivity contribution >= 4 is 21.6 Å². The molecule has 0 saturated carbocycles. The molecule has 0 heterocycles. The summed E-state index contributed by atoms with van der Waals surface area (Å²) in [6.45, 7) is 2.65. The quantitative estimate of drug-likeness (QED) is 0.316. The first-order chi connectivity index (χ1) is 17.4. The highest BCUT2D eigenvalue weighted by atomic mass is 32.2. The van der Waals surface area contributed by atoms with Gasteiger partial charge in [-0.2, -0.15) is 0 Å². The molecule has 0 radical (unpaired) electrons. The summed E-state index contributed by atoms with van der Waals surface area (Å²) < 4.78 is 33.7. The van der Waals surface area contributed by atoms with Crippen LogP contribution in [0.25, 0.3) is 0 Å².